The number of carbonyl (C=O) groups is 1. The number of carbonyl (C=O) groups excluding carboxylic acids is 1. The summed E-state index contributed by atoms with van der Waals surface area (Å²) in [6.07, 6.45) is -0.710. The van der Waals surface area contributed by atoms with Gasteiger partial charge in [-0.3, -0.25) is 4.79 Å². The molecule has 0 aliphatic heterocycles. The third-order valence-electron chi connectivity index (χ3n) is 4.44. The summed E-state index contributed by atoms with van der Waals surface area (Å²) in [5.74, 6) is 0.632. The van der Waals surface area contributed by atoms with Crippen molar-refractivity contribution in [3.05, 3.63) is 76.6 Å². The monoisotopic (exact) mass is 374 g/mol. The molecular weight excluding hydrogens is 356 g/mol. The number of ether oxygens (including phenoxy) is 1. The number of rotatable bonds is 4. The van der Waals surface area contributed by atoms with E-state index < -0.39 is 11.7 Å². The number of aromatic nitrogens is 1. The van der Waals surface area contributed by atoms with Crippen molar-refractivity contribution < 1.29 is 13.9 Å². The minimum absolute atomic E-state index is 0.331. The fraction of sp³-hybridized carbons (Fsp3) is 0.136. The van der Waals surface area contributed by atoms with Crippen molar-refractivity contribution in [3.63, 3.8) is 0 Å². The molecule has 0 saturated heterocycles. The standard InChI is InChI=1S/C22H18N2O4/c1-13-12-18(24-21(25)14(2)27-15-8-4-3-5-9-15)23-20-16-10-6-7-11-17(16)28-22(26)19(13)20/h3-12,14H,1-2H3,(H,23,24,25)/t14-/m0/s1. The topological polar surface area (TPSA) is 81.4 Å². The van der Waals surface area contributed by atoms with E-state index in [9.17, 15) is 9.59 Å². The maximum atomic E-state index is 12.5. The maximum Gasteiger partial charge on any atom is 0.346 e. The first-order valence-corrected chi connectivity index (χ1v) is 8.88. The van der Waals surface area contributed by atoms with Crippen LogP contribution in [0.1, 0.15) is 12.5 Å². The number of amides is 1. The quantitative estimate of drug-likeness (QED) is 0.430. The highest BCUT2D eigenvalue weighted by Crippen LogP contribution is 2.25. The van der Waals surface area contributed by atoms with Crippen LogP contribution in [0.15, 0.2) is 69.9 Å². The fourth-order valence-electron chi connectivity index (χ4n) is 3.08. The van der Waals surface area contributed by atoms with Gasteiger partial charge in [-0.15, -0.1) is 0 Å². The lowest BCUT2D eigenvalue weighted by molar-refractivity contribution is -0.122. The van der Waals surface area contributed by atoms with Crippen molar-refractivity contribution in [1.29, 1.82) is 0 Å². The number of para-hydroxylation sites is 2. The van der Waals surface area contributed by atoms with Crippen LogP contribution >= 0.6 is 0 Å². The highest BCUT2D eigenvalue weighted by Gasteiger charge is 2.18. The zero-order chi connectivity index (χ0) is 19.7. The van der Waals surface area contributed by atoms with E-state index in [1.165, 1.54) is 0 Å². The molecule has 0 aliphatic carbocycles. The smallest absolute Gasteiger partial charge is 0.346 e. The Balaban J connectivity index is 1.68. The average molecular weight is 374 g/mol. The summed E-state index contributed by atoms with van der Waals surface area (Å²) >= 11 is 0. The lowest BCUT2D eigenvalue weighted by Gasteiger charge is -2.15. The van der Waals surface area contributed by atoms with Crippen LogP contribution in [0.4, 0.5) is 5.82 Å². The SMILES string of the molecule is Cc1cc(NC(=O)[C@H](C)Oc2ccccc2)nc2c1c(=O)oc1ccccc12. The molecule has 1 N–H and O–H groups in total. The number of pyridine rings is 1. The molecule has 2 aromatic heterocycles. The highest BCUT2D eigenvalue weighted by molar-refractivity contribution is 6.04. The molecule has 2 aromatic carbocycles. The van der Waals surface area contributed by atoms with Crippen molar-refractivity contribution in [2.75, 3.05) is 5.32 Å². The van der Waals surface area contributed by atoms with Crippen LogP contribution in [0.2, 0.25) is 0 Å². The molecule has 2 heterocycles. The summed E-state index contributed by atoms with van der Waals surface area (Å²) in [5, 5.41) is 3.89. The first kappa shape index (κ1) is 17.7. The summed E-state index contributed by atoms with van der Waals surface area (Å²) < 4.78 is 11.0. The molecule has 4 rings (SSSR count). The van der Waals surface area contributed by atoms with Gasteiger partial charge in [0.15, 0.2) is 6.10 Å². The molecular formula is C22H18N2O4. The molecule has 6 nitrogen and oxygen atoms in total. The summed E-state index contributed by atoms with van der Waals surface area (Å²) in [4.78, 5) is 29.4. The summed E-state index contributed by atoms with van der Waals surface area (Å²) in [6, 6.07) is 18.0. The van der Waals surface area contributed by atoms with E-state index in [1.807, 2.05) is 30.3 Å². The molecule has 140 valence electrons. The number of benzene rings is 2. The fourth-order valence-corrected chi connectivity index (χ4v) is 3.08. The average Bonchev–Trinajstić information content (AvgIpc) is 2.68. The van der Waals surface area contributed by atoms with Gasteiger partial charge in [-0.2, -0.15) is 0 Å². The number of nitrogens with zero attached hydrogens (tertiary/aromatic N) is 1. The van der Waals surface area contributed by atoms with Crippen molar-refractivity contribution in [3.8, 4) is 5.75 Å². The summed E-state index contributed by atoms with van der Waals surface area (Å²) in [5.41, 5.74) is 1.18. The molecule has 1 atom stereocenters. The van der Waals surface area contributed by atoms with Gasteiger partial charge in [-0.05, 0) is 49.7 Å². The molecule has 0 unspecified atom stereocenters. The number of hydrogen-bond donors (Lipinski definition) is 1. The Morgan fingerprint density at radius 2 is 1.82 bits per heavy atom. The second-order valence-corrected chi connectivity index (χ2v) is 6.50. The van der Waals surface area contributed by atoms with Gasteiger partial charge in [0, 0.05) is 5.39 Å². The van der Waals surface area contributed by atoms with Gasteiger partial charge in [-0.1, -0.05) is 30.3 Å². The Kier molecular flexibility index (Phi) is 4.53. The largest absolute Gasteiger partial charge is 0.481 e. The van der Waals surface area contributed by atoms with Crippen molar-refractivity contribution in [2.45, 2.75) is 20.0 Å². The molecule has 0 fully saturated rings. The zero-order valence-electron chi connectivity index (χ0n) is 15.4. The lowest BCUT2D eigenvalue weighted by Crippen LogP contribution is -2.30. The van der Waals surface area contributed by atoms with Crippen LogP contribution in [0.25, 0.3) is 21.9 Å². The second kappa shape index (κ2) is 7.15. The van der Waals surface area contributed by atoms with Crippen molar-refractivity contribution in [1.82, 2.24) is 4.98 Å². The van der Waals surface area contributed by atoms with Crippen LogP contribution in [0.5, 0.6) is 5.75 Å². The van der Waals surface area contributed by atoms with Gasteiger partial charge in [0.25, 0.3) is 5.91 Å². The van der Waals surface area contributed by atoms with Gasteiger partial charge in [0.1, 0.15) is 17.2 Å². The van der Waals surface area contributed by atoms with Gasteiger partial charge >= 0.3 is 5.63 Å². The van der Waals surface area contributed by atoms with Crippen LogP contribution < -0.4 is 15.7 Å². The van der Waals surface area contributed by atoms with E-state index in [0.29, 0.717) is 39.0 Å². The third-order valence-corrected chi connectivity index (χ3v) is 4.44. The van der Waals surface area contributed by atoms with E-state index >= 15 is 0 Å². The third kappa shape index (κ3) is 3.32. The van der Waals surface area contributed by atoms with E-state index in [-0.39, 0.29) is 5.91 Å². The van der Waals surface area contributed by atoms with Gasteiger partial charge < -0.3 is 14.5 Å². The molecule has 0 spiro atoms. The Hall–Kier alpha value is -3.67. The first-order valence-electron chi connectivity index (χ1n) is 8.88. The Morgan fingerprint density at radius 1 is 1.11 bits per heavy atom. The number of fused-ring (bicyclic) bond motifs is 3. The predicted molar refractivity (Wildman–Crippen MR) is 108 cm³/mol. The summed E-state index contributed by atoms with van der Waals surface area (Å²) in [6.45, 7) is 3.45. The Labute approximate surface area is 160 Å². The predicted octanol–water partition coefficient (Wildman–Crippen LogP) is 4.06. The van der Waals surface area contributed by atoms with Crippen LogP contribution in [-0.4, -0.2) is 17.0 Å². The molecule has 6 heteroatoms. The van der Waals surface area contributed by atoms with Crippen LogP contribution in [0, 0.1) is 6.92 Å². The molecule has 28 heavy (non-hydrogen) atoms. The second-order valence-electron chi connectivity index (χ2n) is 6.50. The summed E-state index contributed by atoms with van der Waals surface area (Å²) in [7, 11) is 0. The van der Waals surface area contributed by atoms with E-state index in [2.05, 4.69) is 10.3 Å². The van der Waals surface area contributed by atoms with Crippen LogP contribution in [-0.2, 0) is 4.79 Å². The number of anilines is 1. The van der Waals surface area contributed by atoms with Gasteiger partial charge in [0.2, 0.25) is 0 Å². The molecule has 0 aliphatic rings. The molecule has 0 saturated carbocycles. The van der Waals surface area contributed by atoms with E-state index in [4.69, 9.17) is 9.15 Å². The lowest BCUT2D eigenvalue weighted by atomic mass is 10.1. The number of aryl methyl sites for hydroxylation is 1. The maximum absolute atomic E-state index is 12.5. The van der Waals surface area contributed by atoms with E-state index in [0.717, 1.165) is 0 Å². The highest BCUT2D eigenvalue weighted by atomic mass is 16.5. The minimum Gasteiger partial charge on any atom is -0.481 e. The molecule has 0 radical (unpaired) electrons. The number of hydrogen-bond acceptors (Lipinski definition) is 5. The normalized spacial score (nSPS) is 12.1. The molecule has 0 bridgehead atoms. The minimum atomic E-state index is -0.710. The van der Waals surface area contributed by atoms with Crippen molar-refractivity contribution >= 4 is 33.6 Å². The van der Waals surface area contributed by atoms with Gasteiger partial charge in [0.05, 0.1) is 10.9 Å². The number of nitrogens with one attached hydrogen (secondary N) is 1. The zero-order valence-corrected chi connectivity index (χ0v) is 15.4. The van der Waals surface area contributed by atoms with Crippen LogP contribution in [0.3, 0.4) is 0 Å². The Morgan fingerprint density at radius 3 is 2.61 bits per heavy atom. The van der Waals surface area contributed by atoms with Crippen molar-refractivity contribution in [2.24, 2.45) is 0 Å². The Bertz CT molecular complexity index is 1230. The van der Waals surface area contributed by atoms with Gasteiger partial charge in [-0.25, -0.2) is 9.78 Å². The molecule has 4 aromatic rings. The van der Waals surface area contributed by atoms with E-state index in [1.54, 1.807) is 44.2 Å². The molecule has 1 amide bonds. The first-order chi connectivity index (χ1) is 13.5.